The van der Waals surface area contributed by atoms with E-state index in [9.17, 15) is 9.59 Å². The van der Waals surface area contributed by atoms with Crippen molar-refractivity contribution in [2.75, 3.05) is 4.90 Å². The number of thioether (sulfide) groups is 1. The fraction of sp³-hybridized carbons (Fsp3) is 0.318. The highest BCUT2D eigenvalue weighted by atomic mass is 32.2. The summed E-state index contributed by atoms with van der Waals surface area (Å²) in [4.78, 5) is 32.6. The van der Waals surface area contributed by atoms with Crippen LogP contribution in [0.3, 0.4) is 0 Å². The Morgan fingerprint density at radius 3 is 2.71 bits per heavy atom. The van der Waals surface area contributed by atoms with Crippen LogP contribution in [0.25, 0.3) is 10.9 Å². The van der Waals surface area contributed by atoms with Crippen molar-refractivity contribution in [1.82, 2.24) is 9.55 Å². The largest absolute Gasteiger partial charge is 0.308 e. The van der Waals surface area contributed by atoms with Crippen LogP contribution < -0.4 is 10.5 Å². The second-order valence-corrected chi connectivity index (χ2v) is 8.42. The monoisotopic (exact) mass is 393 g/mol. The minimum atomic E-state index is -0.348. The van der Waals surface area contributed by atoms with E-state index in [1.54, 1.807) is 10.6 Å². The number of carbonyl (C=O) groups excluding carboxylic acids is 1. The van der Waals surface area contributed by atoms with Crippen molar-refractivity contribution in [1.29, 1.82) is 0 Å². The topological polar surface area (TPSA) is 55.2 Å². The molecule has 0 radical (unpaired) electrons. The van der Waals surface area contributed by atoms with Gasteiger partial charge in [-0.25, -0.2) is 4.98 Å². The number of benzene rings is 2. The van der Waals surface area contributed by atoms with Gasteiger partial charge in [0.05, 0.1) is 16.2 Å². The van der Waals surface area contributed by atoms with E-state index in [1.807, 2.05) is 55.1 Å². The number of amides is 1. The fourth-order valence-electron chi connectivity index (χ4n) is 3.82. The number of fused-ring (bicyclic) bond motifs is 2. The molecule has 5 nitrogen and oxygen atoms in total. The SMILES string of the molecule is CCn1c(S[C@@H](C)C(=O)N2c3ccccc3C[C@@H]2C)nc2ccccc2c1=O. The molecule has 0 fully saturated rings. The third-order valence-electron chi connectivity index (χ3n) is 5.22. The maximum absolute atomic E-state index is 13.3. The molecule has 2 atom stereocenters. The Bertz CT molecular complexity index is 1110. The number of aromatic nitrogens is 2. The lowest BCUT2D eigenvalue weighted by molar-refractivity contribution is -0.118. The van der Waals surface area contributed by atoms with Crippen LogP contribution >= 0.6 is 11.8 Å². The van der Waals surface area contributed by atoms with Gasteiger partial charge in [-0.1, -0.05) is 42.1 Å². The van der Waals surface area contributed by atoms with Crippen molar-refractivity contribution in [3.05, 3.63) is 64.4 Å². The van der Waals surface area contributed by atoms with Crippen LogP contribution in [0, 0.1) is 0 Å². The Hall–Kier alpha value is -2.60. The maximum Gasteiger partial charge on any atom is 0.262 e. The summed E-state index contributed by atoms with van der Waals surface area (Å²) in [7, 11) is 0. The van der Waals surface area contributed by atoms with Crippen LogP contribution in [0.2, 0.25) is 0 Å². The van der Waals surface area contributed by atoms with Crippen molar-refractivity contribution < 1.29 is 4.79 Å². The second kappa shape index (κ2) is 7.43. The third kappa shape index (κ3) is 3.11. The van der Waals surface area contributed by atoms with E-state index in [2.05, 4.69) is 18.0 Å². The summed E-state index contributed by atoms with van der Waals surface area (Å²) in [5, 5.41) is 0.849. The molecule has 0 saturated heterocycles. The van der Waals surface area contributed by atoms with E-state index in [0.29, 0.717) is 22.6 Å². The quantitative estimate of drug-likeness (QED) is 0.499. The van der Waals surface area contributed by atoms with Crippen molar-refractivity contribution in [3.63, 3.8) is 0 Å². The number of anilines is 1. The first-order valence-electron chi connectivity index (χ1n) is 9.58. The average Bonchev–Trinajstić information content (AvgIpc) is 3.03. The van der Waals surface area contributed by atoms with Gasteiger partial charge in [-0.05, 0) is 51.0 Å². The lowest BCUT2D eigenvalue weighted by Gasteiger charge is -2.26. The highest BCUT2D eigenvalue weighted by molar-refractivity contribution is 8.00. The Balaban J connectivity index is 1.66. The lowest BCUT2D eigenvalue weighted by atomic mass is 10.1. The Kier molecular flexibility index (Phi) is 4.98. The summed E-state index contributed by atoms with van der Waals surface area (Å²) in [6, 6.07) is 15.5. The summed E-state index contributed by atoms with van der Waals surface area (Å²) in [5.74, 6) is 0.0486. The predicted octanol–water partition coefficient (Wildman–Crippen LogP) is 3.87. The molecule has 1 aliphatic rings. The van der Waals surface area contributed by atoms with Crippen LogP contribution in [0.4, 0.5) is 5.69 Å². The summed E-state index contributed by atoms with van der Waals surface area (Å²) >= 11 is 1.36. The molecule has 1 aromatic heterocycles. The molecule has 2 heterocycles. The molecule has 0 aliphatic carbocycles. The van der Waals surface area contributed by atoms with Crippen LogP contribution in [-0.2, 0) is 17.8 Å². The average molecular weight is 394 g/mol. The molecule has 0 N–H and O–H groups in total. The molecule has 3 aromatic rings. The highest BCUT2D eigenvalue weighted by Crippen LogP contribution is 2.34. The molecule has 0 spiro atoms. The number of nitrogens with zero attached hydrogens (tertiary/aromatic N) is 3. The first kappa shape index (κ1) is 18.7. The first-order chi connectivity index (χ1) is 13.5. The Morgan fingerprint density at radius 1 is 1.21 bits per heavy atom. The molecular weight excluding hydrogens is 370 g/mol. The number of hydrogen-bond acceptors (Lipinski definition) is 4. The minimum Gasteiger partial charge on any atom is -0.308 e. The van der Waals surface area contributed by atoms with Gasteiger partial charge in [-0.3, -0.25) is 14.2 Å². The van der Waals surface area contributed by atoms with E-state index in [1.165, 1.54) is 17.3 Å². The molecule has 1 amide bonds. The zero-order valence-electron chi connectivity index (χ0n) is 16.3. The Morgan fingerprint density at radius 2 is 1.93 bits per heavy atom. The highest BCUT2D eigenvalue weighted by Gasteiger charge is 2.33. The molecule has 0 bridgehead atoms. The van der Waals surface area contributed by atoms with Gasteiger partial charge in [0.15, 0.2) is 5.16 Å². The molecule has 28 heavy (non-hydrogen) atoms. The van der Waals surface area contributed by atoms with Crippen LogP contribution in [-0.4, -0.2) is 26.8 Å². The van der Waals surface area contributed by atoms with Crippen molar-refractivity contribution in [3.8, 4) is 0 Å². The first-order valence-corrected chi connectivity index (χ1v) is 10.5. The fourth-order valence-corrected chi connectivity index (χ4v) is 4.84. The predicted molar refractivity (Wildman–Crippen MR) is 114 cm³/mol. The summed E-state index contributed by atoms with van der Waals surface area (Å²) < 4.78 is 1.65. The van der Waals surface area contributed by atoms with Crippen LogP contribution in [0.5, 0.6) is 0 Å². The molecule has 4 rings (SSSR count). The minimum absolute atomic E-state index is 0.0486. The lowest BCUT2D eigenvalue weighted by Crippen LogP contribution is -2.40. The second-order valence-electron chi connectivity index (χ2n) is 7.11. The van der Waals surface area contributed by atoms with Crippen molar-refractivity contribution in [2.24, 2.45) is 0 Å². The molecule has 144 valence electrons. The number of carbonyl (C=O) groups is 1. The van der Waals surface area contributed by atoms with Crippen LogP contribution in [0.15, 0.2) is 58.5 Å². The third-order valence-corrected chi connectivity index (χ3v) is 6.30. The van der Waals surface area contributed by atoms with Gasteiger partial charge >= 0.3 is 0 Å². The van der Waals surface area contributed by atoms with Gasteiger partial charge in [0.1, 0.15) is 0 Å². The van der Waals surface area contributed by atoms with Gasteiger partial charge in [0.2, 0.25) is 5.91 Å². The van der Waals surface area contributed by atoms with Gasteiger partial charge in [-0.15, -0.1) is 0 Å². The van der Waals surface area contributed by atoms with E-state index in [0.717, 1.165) is 12.1 Å². The number of hydrogen-bond donors (Lipinski definition) is 0. The molecule has 0 saturated carbocycles. The number of rotatable bonds is 4. The van der Waals surface area contributed by atoms with E-state index in [-0.39, 0.29) is 22.8 Å². The van der Waals surface area contributed by atoms with Gasteiger partial charge in [0, 0.05) is 18.3 Å². The zero-order chi connectivity index (χ0) is 19.8. The molecule has 0 unspecified atom stereocenters. The standard InChI is InChI=1S/C22H23N3O2S/c1-4-24-21(27)17-10-6-7-11-18(17)23-22(24)28-15(3)20(26)25-14(2)13-16-9-5-8-12-19(16)25/h5-12,14-15H,4,13H2,1-3H3/t14-,15-/m0/s1. The molecule has 6 heteroatoms. The summed E-state index contributed by atoms with van der Waals surface area (Å²) in [6.07, 6.45) is 0.868. The summed E-state index contributed by atoms with van der Waals surface area (Å²) in [5.41, 5.74) is 2.80. The Labute approximate surface area is 168 Å². The van der Waals surface area contributed by atoms with E-state index >= 15 is 0 Å². The number of para-hydroxylation sites is 2. The van der Waals surface area contributed by atoms with E-state index < -0.39 is 0 Å². The van der Waals surface area contributed by atoms with Gasteiger partial charge in [0.25, 0.3) is 5.56 Å². The molecule has 1 aliphatic heterocycles. The van der Waals surface area contributed by atoms with Crippen molar-refractivity contribution in [2.45, 2.75) is 50.2 Å². The summed E-state index contributed by atoms with van der Waals surface area (Å²) in [6.45, 7) is 6.41. The normalized spacial score (nSPS) is 17.0. The zero-order valence-corrected chi connectivity index (χ0v) is 17.1. The van der Waals surface area contributed by atoms with Crippen molar-refractivity contribution >= 4 is 34.3 Å². The molecule has 2 aromatic carbocycles. The van der Waals surface area contributed by atoms with Gasteiger partial charge in [-0.2, -0.15) is 0 Å². The van der Waals surface area contributed by atoms with Crippen LogP contribution in [0.1, 0.15) is 26.3 Å². The molecular formula is C22H23N3O2S. The van der Waals surface area contributed by atoms with E-state index in [4.69, 9.17) is 0 Å². The maximum atomic E-state index is 13.3. The smallest absolute Gasteiger partial charge is 0.262 e. The van der Waals surface area contributed by atoms with Gasteiger partial charge < -0.3 is 4.90 Å².